The lowest BCUT2D eigenvalue weighted by Crippen LogP contribution is -2.10. The van der Waals surface area contributed by atoms with Crippen LogP contribution in [0.4, 0.5) is 8.78 Å². The lowest BCUT2D eigenvalue weighted by molar-refractivity contribution is 0.348. The number of benzene rings is 2. The highest BCUT2D eigenvalue weighted by Crippen LogP contribution is 2.36. The summed E-state index contributed by atoms with van der Waals surface area (Å²) < 4.78 is 27.6. The Bertz CT molecular complexity index is 656. The van der Waals surface area contributed by atoms with Crippen molar-refractivity contribution in [1.82, 2.24) is 0 Å². The van der Waals surface area contributed by atoms with Crippen molar-refractivity contribution in [2.45, 2.75) is 52.4 Å². The van der Waals surface area contributed by atoms with Gasteiger partial charge < -0.3 is 0 Å². The fourth-order valence-electron chi connectivity index (χ4n) is 3.28. The van der Waals surface area contributed by atoms with Crippen molar-refractivity contribution in [3.05, 3.63) is 58.6 Å². The Balaban J connectivity index is 0.00000100. The first-order chi connectivity index (χ1) is 11.6. The van der Waals surface area contributed by atoms with Gasteiger partial charge in [0.05, 0.1) is 5.02 Å². The van der Waals surface area contributed by atoms with Crippen molar-refractivity contribution in [2.24, 2.45) is 5.92 Å². The van der Waals surface area contributed by atoms with E-state index >= 15 is 0 Å². The third-order valence-electron chi connectivity index (χ3n) is 4.74. The molecule has 0 amide bonds. The van der Waals surface area contributed by atoms with Crippen LogP contribution in [0.1, 0.15) is 57.9 Å². The molecule has 1 fully saturated rings. The second-order valence-corrected chi connectivity index (χ2v) is 6.71. The van der Waals surface area contributed by atoms with Gasteiger partial charge >= 0.3 is 0 Å². The molecule has 0 unspecified atom stereocenters. The monoisotopic (exact) mass is 350 g/mol. The van der Waals surface area contributed by atoms with Gasteiger partial charge in [-0.25, -0.2) is 8.78 Å². The summed E-state index contributed by atoms with van der Waals surface area (Å²) in [6.45, 7) is 6.30. The van der Waals surface area contributed by atoms with Gasteiger partial charge in [-0.3, -0.25) is 0 Å². The highest BCUT2D eigenvalue weighted by molar-refractivity contribution is 6.30. The van der Waals surface area contributed by atoms with Crippen LogP contribution < -0.4 is 0 Å². The predicted octanol–water partition coefficient (Wildman–Crippen LogP) is 7.61. The Hall–Kier alpha value is -1.41. The molecule has 130 valence electrons. The van der Waals surface area contributed by atoms with Crippen molar-refractivity contribution >= 4 is 11.6 Å². The topological polar surface area (TPSA) is 0 Å². The number of hydrogen-bond donors (Lipinski definition) is 0. The summed E-state index contributed by atoms with van der Waals surface area (Å²) in [4.78, 5) is 0. The Morgan fingerprint density at radius 1 is 0.833 bits per heavy atom. The second-order valence-electron chi connectivity index (χ2n) is 6.30. The van der Waals surface area contributed by atoms with E-state index in [0.717, 1.165) is 5.92 Å². The lowest BCUT2D eigenvalue weighted by Gasteiger charge is -2.26. The van der Waals surface area contributed by atoms with E-state index in [4.69, 9.17) is 11.6 Å². The average Bonchev–Trinajstić information content (AvgIpc) is 2.63. The van der Waals surface area contributed by atoms with Gasteiger partial charge in [-0.05, 0) is 47.9 Å². The molecule has 0 nitrogen and oxygen atoms in total. The summed E-state index contributed by atoms with van der Waals surface area (Å²) >= 11 is 5.60. The van der Waals surface area contributed by atoms with E-state index in [-0.39, 0.29) is 10.6 Å². The van der Waals surface area contributed by atoms with E-state index in [0.29, 0.717) is 11.5 Å². The molecule has 0 heterocycles. The van der Waals surface area contributed by atoms with E-state index in [2.05, 4.69) is 6.92 Å². The van der Waals surface area contributed by atoms with Gasteiger partial charge in [0.25, 0.3) is 0 Å². The molecule has 0 aromatic heterocycles. The van der Waals surface area contributed by atoms with Crippen LogP contribution in [0.25, 0.3) is 11.1 Å². The summed E-state index contributed by atoms with van der Waals surface area (Å²) in [5, 5.41) is -0.186. The van der Waals surface area contributed by atoms with Gasteiger partial charge in [0.1, 0.15) is 0 Å². The standard InChI is InChI=1S/C19H19ClF2.C2H6/c1-12-2-4-13(5-3-12)14-6-8-15(9-7-14)16-10-11-17(20)19(22)18(16)21;1-2/h6-13H,2-5H2,1H3;1-2H3. The van der Waals surface area contributed by atoms with Crippen LogP contribution in [-0.4, -0.2) is 0 Å². The SMILES string of the molecule is CC.CC1CCC(c2ccc(-c3ccc(Cl)c(F)c3F)cc2)CC1. The zero-order valence-electron chi connectivity index (χ0n) is 14.6. The Morgan fingerprint density at radius 2 is 1.42 bits per heavy atom. The van der Waals surface area contributed by atoms with Gasteiger partial charge in [-0.15, -0.1) is 0 Å². The normalized spacial score (nSPS) is 20.2. The third kappa shape index (κ3) is 4.16. The number of halogens is 3. The van der Waals surface area contributed by atoms with E-state index < -0.39 is 11.6 Å². The quantitative estimate of drug-likeness (QED) is 0.489. The molecule has 2 aromatic rings. The van der Waals surface area contributed by atoms with E-state index in [9.17, 15) is 8.78 Å². The third-order valence-corrected chi connectivity index (χ3v) is 5.04. The molecular formula is C21H25ClF2. The zero-order chi connectivity index (χ0) is 17.7. The maximum absolute atomic E-state index is 14.0. The molecule has 3 heteroatoms. The molecule has 0 aliphatic heterocycles. The fourth-order valence-corrected chi connectivity index (χ4v) is 3.42. The Kier molecular flexibility index (Phi) is 6.79. The molecule has 0 bridgehead atoms. The lowest BCUT2D eigenvalue weighted by atomic mass is 9.79. The molecule has 24 heavy (non-hydrogen) atoms. The van der Waals surface area contributed by atoms with Crippen LogP contribution in [-0.2, 0) is 0 Å². The molecular weight excluding hydrogens is 326 g/mol. The maximum Gasteiger partial charge on any atom is 0.178 e. The molecule has 0 N–H and O–H groups in total. The minimum Gasteiger partial charge on any atom is -0.203 e. The molecule has 2 aromatic carbocycles. The van der Waals surface area contributed by atoms with Gasteiger partial charge in [0.15, 0.2) is 11.6 Å². The van der Waals surface area contributed by atoms with Crippen LogP contribution in [0.5, 0.6) is 0 Å². The molecule has 1 aliphatic rings. The first-order valence-electron chi connectivity index (χ1n) is 8.80. The second kappa shape index (κ2) is 8.62. The largest absolute Gasteiger partial charge is 0.203 e. The van der Waals surface area contributed by atoms with Crippen molar-refractivity contribution in [1.29, 1.82) is 0 Å². The highest BCUT2D eigenvalue weighted by atomic mass is 35.5. The highest BCUT2D eigenvalue weighted by Gasteiger charge is 2.20. The van der Waals surface area contributed by atoms with Crippen LogP contribution in [0, 0.1) is 17.6 Å². The first-order valence-corrected chi connectivity index (χ1v) is 9.18. The number of hydrogen-bond acceptors (Lipinski definition) is 0. The van der Waals surface area contributed by atoms with Gasteiger partial charge in [0.2, 0.25) is 0 Å². The Labute approximate surface area is 148 Å². The van der Waals surface area contributed by atoms with Crippen molar-refractivity contribution in [3.8, 4) is 11.1 Å². The summed E-state index contributed by atoms with van der Waals surface area (Å²) in [6, 6.07) is 10.8. The smallest absolute Gasteiger partial charge is 0.178 e. The molecule has 0 radical (unpaired) electrons. The minimum absolute atomic E-state index is 0.186. The van der Waals surface area contributed by atoms with E-state index in [1.165, 1.54) is 43.4 Å². The number of rotatable bonds is 2. The first kappa shape index (κ1) is 18.9. The molecule has 0 saturated heterocycles. The van der Waals surface area contributed by atoms with Crippen molar-refractivity contribution in [2.75, 3.05) is 0 Å². The van der Waals surface area contributed by atoms with E-state index in [1.807, 2.05) is 38.1 Å². The van der Waals surface area contributed by atoms with Crippen LogP contribution in [0.3, 0.4) is 0 Å². The van der Waals surface area contributed by atoms with Gasteiger partial charge in [-0.2, -0.15) is 0 Å². The summed E-state index contributed by atoms with van der Waals surface area (Å²) in [5.74, 6) is -0.449. The van der Waals surface area contributed by atoms with Crippen molar-refractivity contribution < 1.29 is 8.78 Å². The molecule has 1 saturated carbocycles. The molecule has 3 rings (SSSR count). The summed E-state index contributed by atoms with van der Waals surface area (Å²) in [7, 11) is 0. The molecule has 0 spiro atoms. The Morgan fingerprint density at radius 3 is 2.00 bits per heavy atom. The van der Waals surface area contributed by atoms with Gasteiger partial charge in [-0.1, -0.05) is 69.5 Å². The summed E-state index contributed by atoms with van der Waals surface area (Å²) in [5.41, 5.74) is 2.23. The van der Waals surface area contributed by atoms with Crippen LogP contribution in [0.2, 0.25) is 5.02 Å². The van der Waals surface area contributed by atoms with Crippen LogP contribution >= 0.6 is 11.6 Å². The average molecular weight is 351 g/mol. The van der Waals surface area contributed by atoms with Crippen LogP contribution in [0.15, 0.2) is 36.4 Å². The zero-order valence-corrected chi connectivity index (χ0v) is 15.3. The fraction of sp³-hybridized carbons (Fsp3) is 0.429. The van der Waals surface area contributed by atoms with Gasteiger partial charge in [0, 0.05) is 5.56 Å². The summed E-state index contributed by atoms with van der Waals surface area (Å²) in [6.07, 6.45) is 4.96. The maximum atomic E-state index is 14.0. The minimum atomic E-state index is -0.982. The molecule has 0 atom stereocenters. The molecule has 1 aliphatic carbocycles. The van der Waals surface area contributed by atoms with Crippen molar-refractivity contribution in [3.63, 3.8) is 0 Å². The predicted molar refractivity (Wildman–Crippen MR) is 98.5 cm³/mol. The van der Waals surface area contributed by atoms with E-state index in [1.54, 1.807) is 0 Å².